The summed E-state index contributed by atoms with van der Waals surface area (Å²) in [5.74, 6) is -0.487. The standard InChI is InChI=1S/C16H12FN4.C7H16N2O2.CH3.Os/c1-19-9-12-7-11(8-13(17)15(12)18)14-5-4-10-3-2-6-20-16(10)21-14;1-7(2,3)11-6(10)9-5-4-8;;/h3-9H,18H2,1H3;4-5,8H2,1-3H3,(H,9,10);1H3;/q-1;;-1;/p-1. The quantitative estimate of drug-likeness (QED) is 0.244. The first kappa shape index (κ1) is 31.0. The summed E-state index contributed by atoms with van der Waals surface area (Å²) in [6.07, 6.45) is 2.54. The number of hydrogen-bond acceptors (Lipinski definition) is 7. The molecule has 0 radical (unpaired) electrons. The van der Waals surface area contributed by atoms with E-state index in [1.165, 1.54) is 12.3 Å². The van der Waals surface area contributed by atoms with Gasteiger partial charge in [0.25, 0.3) is 0 Å². The van der Waals surface area contributed by atoms with Crippen LogP contribution in [-0.4, -0.2) is 48.0 Å². The van der Waals surface area contributed by atoms with Crippen LogP contribution in [0.2, 0.25) is 0 Å². The van der Waals surface area contributed by atoms with Crippen LogP contribution in [0.15, 0.2) is 41.5 Å². The number of nitrogen functional groups attached to an aromatic ring is 1. The fourth-order valence-corrected chi connectivity index (χ4v) is 2.54. The van der Waals surface area contributed by atoms with Gasteiger partial charge < -0.3 is 28.9 Å². The molecule has 34 heavy (non-hydrogen) atoms. The Bertz CT molecular complexity index is 1100. The molecule has 0 saturated heterocycles. The molecule has 186 valence electrons. The first-order chi connectivity index (χ1) is 15.1. The molecule has 4 N–H and O–H groups in total. The van der Waals surface area contributed by atoms with E-state index in [0.717, 1.165) is 5.39 Å². The Morgan fingerprint density at radius 1 is 1.32 bits per heavy atom. The zero-order chi connectivity index (χ0) is 23.7. The molecule has 2 aromatic heterocycles. The Morgan fingerprint density at radius 3 is 2.65 bits per heavy atom. The van der Waals surface area contributed by atoms with E-state index in [2.05, 4.69) is 26.3 Å². The van der Waals surface area contributed by atoms with Crippen LogP contribution in [0.25, 0.3) is 27.6 Å². The van der Waals surface area contributed by atoms with Crippen LogP contribution < -0.4 is 11.5 Å². The van der Waals surface area contributed by atoms with Gasteiger partial charge in [0.1, 0.15) is 11.4 Å². The number of fused-ring (bicyclic) bond motifs is 1. The first-order valence-electron chi connectivity index (χ1n) is 9.89. The van der Waals surface area contributed by atoms with Gasteiger partial charge in [0.05, 0.1) is 17.0 Å². The number of amides is 1. The van der Waals surface area contributed by atoms with Crippen molar-refractivity contribution in [2.45, 2.75) is 26.4 Å². The van der Waals surface area contributed by atoms with Crippen LogP contribution in [0.1, 0.15) is 26.3 Å². The van der Waals surface area contributed by atoms with Gasteiger partial charge >= 0.3 is 0 Å². The van der Waals surface area contributed by atoms with E-state index in [4.69, 9.17) is 16.2 Å². The van der Waals surface area contributed by atoms with Gasteiger partial charge in [0.2, 0.25) is 6.09 Å². The van der Waals surface area contributed by atoms with Crippen molar-refractivity contribution in [3.63, 3.8) is 0 Å². The molecule has 2 heterocycles. The van der Waals surface area contributed by atoms with Crippen molar-refractivity contribution < 1.29 is 33.7 Å². The van der Waals surface area contributed by atoms with Crippen LogP contribution >= 0.6 is 0 Å². The predicted octanol–water partition coefficient (Wildman–Crippen LogP) is 4.57. The Balaban J connectivity index is 0.000000727. The smallest absolute Gasteiger partial charge is 0.230 e. The van der Waals surface area contributed by atoms with Crippen LogP contribution in [-0.2, 0) is 24.5 Å². The van der Waals surface area contributed by atoms with Gasteiger partial charge in [-0.15, -0.1) is 18.0 Å². The third-order valence-corrected chi connectivity index (χ3v) is 3.89. The van der Waals surface area contributed by atoms with Crippen molar-refractivity contribution in [2.24, 2.45) is 10.7 Å². The third-order valence-electron chi connectivity index (χ3n) is 3.89. The molecule has 10 heteroatoms. The number of rotatable bonds is 4. The van der Waals surface area contributed by atoms with Crippen LogP contribution in [0, 0.1) is 19.3 Å². The van der Waals surface area contributed by atoms with Gasteiger partial charge in [-0.25, -0.2) is 21.5 Å². The predicted molar refractivity (Wildman–Crippen MR) is 132 cm³/mol. The van der Waals surface area contributed by atoms with Crippen LogP contribution in [0.4, 0.5) is 14.9 Å². The largest absolute Gasteiger partial charge is 0.616 e. The number of carbonyl (C=O) groups is 1. The molecule has 0 spiro atoms. The van der Waals surface area contributed by atoms with Gasteiger partial charge in [-0.2, -0.15) is 0 Å². The molecule has 0 aliphatic carbocycles. The van der Waals surface area contributed by atoms with Crippen molar-refractivity contribution >= 4 is 29.0 Å². The van der Waals surface area contributed by atoms with Gasteiger partial charge in [-0.1, -0.05) is 12.3 Å². The number of halogens is 1. The minimum atomic E-state index is -0.539. The summed E-state index contributed by atoms with van der Waals surface area (Å²) in [4.78, 5) is 23.2. The van der Waals surface area contributed by atoms with E-state index in [-0.39, 0.29) is 32.9 Å². The summed E-state index contributed by atoms with van der Waals surface area (Å²) >= 11 is 0. The van der Waals surface area contributed by atoms with Crippen LogP contribution in [0.5, 0.6) is 0 Å². The number of aromatic nitrogens is 2. The molecule has 0 aliphatic heterocycles. The van der Waals surface area contributed by atoms with E-state index in [1.54, 1.807) is 46.1 Å². The fraction of sp³-hybridized carbons (Fsp3) is 0.292. The fourth-order valence-electron chi connectivity index (χ4n) is 2.54. The zero-order valence-electron chi connectivity index (χ0n) is 19.9. The van der Waals surface area contributed by atoms with E-state index < -0.39 is 17.5 Å². The van der Waals surface area contributed by atoms with E-state index in [1.807, 2.05) is 12.1 Å². The summed E-state index contributed by atoms with van der Waals surface area (Å²) in [5, 5.41) is 4.42. The number of hydrogen-bond donors (Lipinski definition) is 2. The maximum atomic E-state index is 13.9. The average Bonchev–Trinajstić information content (AvgIpc) is 2.74. The number of nitrogens with zero attached hydrogens (tertiary/aromatic N) is 4. The number of pyridine rings is 2. The maximum Gasteiger partial charge on any atom is 0.230 e. The Morgan fingerprint density at radius 2 is 2.03 bits per heavy atom. The molecule has 0 bridgehead atoms. The monoisotopic (exact) mass is 645 g/mol. The average molecular weight is 644 g/mol. The van der Waals surface area contributed by atoms with Crippen molar-refractivity contribution in [1.29, 1.82) is 0 Å². The van der Waals surface area contributed by atoms with Crippen molar-refractivity contribution in [3.8, 4) is 11.3 Å². The molecule has 8 nitrogen and oxygen atoms in total. The summed E-state index contributed by atoms with van der Waals surface area (Å²) in [7, 11) is 1.61. The van der Waals surface area contributed by atoms with E-state index >= 15 is 0 Å². The number of benzene rings is 1. The number of aliphatic imine (C=N–C) groups is 1. The molecule has 1 amide bonds. The SMILES string of the molecule is CC(C)(C)OC(=O)[N-]CCN.CN=Cc1cc(-c2ccc3c[c-]cnc3n2)cc(F)c1N.[CH3-].[Os]. The summed E-state index contributed by atoms with van der Waals surface area (Å²) in [5.41, 5.74) is 12.8. The molecule has 0 saturated carbocycles. The second-order valence-corrected chi connectivity index (χ2v) is 7.68. The van der Waals surface area contributed by atoms with Gasteiger partial charge in [-0.3, -0.25) is 14.8 Å². The molecule has 0 atom stereocenters. The topological polar surface area (TPSA) is 131 Å². The summed E-state index contributed by atoms with van der Waals surface area (Å²) < 4.78 is 18.8. The van der Waals surface area contributed by atoms with Crippen molar-refractivity contribution in [2.75, 3.05) is 25.9 Å². The molecule has 0 unspecified atom stereocenters. The minimum absolute atomic E-state index is 0. The van der Waals surface area contributed by atoms with Crippen molar-refractivity contribution in [1.82, 2.24) is 9.97 Å². The van der Waals surface area contributed by atoms with Crippen molar-refractivity contribution in [3.05, 3.63) is 66.7 Å². The first-order valence-corrected chi connectivity index (χ1v) is 9.89. The van der Waals surface area contributed by atoms with E-state index in [0.29, 0.717) is 35.6 Å². The molecule has 1 aromatic carbocycles. The number of nitrogens with two attached hydrogens (primary N) is 2. The maximum absolute atomic E-state index is 13.9. The summed E-state index contributed by atoms with van der Waals surface area (Å²) in [6.45, 7) is 6.09. The Kier molecular flexibility index (Phi) is 13.1. The molecule has 0 fully saturated rings. The minimum Gasteiger partial charge on any atom is -0.616 e. The second kappa shape index (κ2) is 14.3. The normalized spacial score (nSPS) is 10.5. The zero-order valence-corrected chi connectivity index (χ0v) is 22.5. The van der Waals surface area contributed by atoms with Gasteiger partial charge in [-0.05, 0) is 39.4 Å². The van der Waals surface area contributed by atoms with E-state index in [9.17, 15) is 9.18 Å². The molecule has 3 rings (SSSR count). The molecule has 3 aromatic rings. The number of carbonyl (C=O) groups excluding carboxylic acids is 1. The summed E-state index contributed by atoms with van der Waals surface area (Å²) in [6, 6.07) is 11.5. The number of anilines is 1. The third kappa shape index (κ3) is 9.50. The van der Waals surface area contributed by atoms with Gasteiger partial charge in [0, 0.05) is 44.2 Å². The Labute approximate surface area is 213 Å². The molecular formula is C24H30FN6O2Os-3. The second-order valence-electron chi connectivity index (χ2n) is 7.68. The molecule has 0 aliphatic rings. The van der Waals surface area contributed by atoms with Crippen LogP contribution in [0.3, 0.4) is 0 Å². The molecular weight excluding hydrogens is 614 g/mol. The van der Waals surface area contributed by atoms with Gasteiger partial charge in [0.15, 0.2) is 0 Å². The number of ether oxygens (including phenoxy) is 1. The Hall–Kier alpha value is -2.95.